The smallest absolute Gasteiger partial charge is 0.319 e. The van der Waals surface area contributed by atoms with Crippen molar-refractivity contribution in [3.05, 3.63) is 59.1 Å². The lowest BCUT2D eigenvalue weighted by atomic mass is 10.2. The number of nitrogens with one attached hydrogen (secondary N) is 4. The van der Waals surface area contributed by atoms with Crippen molar-refractivity contribution in [2.75, 3.05) is 25.0 Å². The first-order valence-electron chi connectivity index (χ1n) is 8.40. The molecule has 0 saturated carbocycles. The molecule has 28 heavy (non-hydrogen) atoms. The van der Waals surface area contributed by atoms with E-state index in [0.717, 1.165) is 5.56 Å². The van der Waals surface area contributed by atoms with Crippen molar-refractivity contribution in [3.63, 3.8) is 0 Å². The highest BCUT2D eigenvalue weighted by Gasteiger charge is 2.13. The van der Waals surface area contributed by atoms with E-state index in [1.54, 1.807) is 18.2 Å². The van der Waals surface area contributed by atoms with Gasteiger partial charge in [-0.1, -0.05) is 29.8 Å². The average molecular weight is 425 g/mol. The molecule has 0 fully saturated rings. The SMILES string of the molecule is Cc1cccc(NC(=O)NCC(=O)NCCNS(=O)(=O)c2cccc(Cl)c2)c1. The summed E-state index contributed by atoms with van der Waals surface area (Å²) in [5.41, 5.74) is 1.61. The number of carbonyl (C=O) groups excluding carboxylic acids is 2. The molecule has 2 aromatic rings. The van der Waals surface area contributed by atoms with Gasteiger partial charge in [-0.3, -0.25) is 4.79 Å². The lowest BCUT2D eigenvalue weighted by molar-refractivity contribution is -0.120. The molecule has 8 nitrogen and oxygen atoms in total. The van der Waals surface area contributed by atoms with E-state index in [0.29, 0.717) is 10.7 Å². The monoisotopic (exact) mass is 424 g/mol. The van der Waals surface area contributed by atoms with Crippen LogP contribution in [0.1, 0.15) is 5.56 Å². The molecule has 0 atom stereocenters. The normalized spacial score (nSPS) is 10.9. The molecule has 0 saturated heterocycles. The Hall–Kier alpha value is -2.62. The summed E-state index contributed by atoms with van der Waals surface area (Å²) in [7, 11) is -3.71. The Morgan fingerprint density at radius 2 is 1.75 bits per heavy atom. The zero-order valence-electron chi connectivity index (χ0n) is 15.2. The highest BCUT2D eigenvalue weighted by Crippen LogP contribution is 2.14. The maximum Gasteiger partial charge on any atom is 0.319 e. The van der Waals surface area contributed by atoms with Crippen LogP contribution in [0, 0.1) is 6.92 Å². The van der Waals surface area contributed by atoms with E-state index < -0.39 is 22.0 Å². The maximum atomic E-state index is 12.1. The van der Waals surface area contributed by atoms with Crippen molar-refractivity contribution >= 4 is 39.2 Å². The van der Waals surface area contributed by atoms with Gasteiger partial charge in [0.25, 0.3) is 0 Å². The van der Waals surface area contributed by atoms with Gasteiger partial charge >= 0.3 is 6.03 Å². The molecular formula is C18H21ClN4O4S. The Morgan fingerprint density at radius 1 is 1.00 bits per heavy atom. The molecule has 0 spiro atoms. The fourth-order valence-electron chi connectivity index (χ4n) is 2.23. The summed E-state index contributed by atoms with van der Waals surface area (Å²) in [4.78, 5) is 23.6. The number of amides is 3. The van der Waals surface area contributed by atoms with Gasteiger partial charge in [-0.25, -0.2) is 17.9 Å². The standard InChI is InChI=1S/C18H21ClN4O4S/c1-13-4-2-6-15(10-13)23-18(25)21-12-17(24)20-8-9-22-28(26,27)16-7-3-5-14(19)11-16/h2-7,10-11,22H,8-9,12H2,1H3,(H,20,24)(H2,21,23,25). The number of anilines is 1. The zero-order valence-corrected chi connectivity index (χ0v) is 16.7. The van der Waals surface area contributed by atoms with Crippen molar-refractivity contribution in [3.8, 4) is 0 Å². The van der Waals surface area contributed by atoms with E-state index in [9.17, 15) is 18.0 Å². The molecule has 0 heterocycles. The van der Waals surface area contributed by atoms with Gasteiger partial charge in [-0.2, -0.15) is 0 Å². The molecule has 0 radical (unpaired) electrons. The van der Waals surface area contributed by atoms with Gasteiger partial charge in [0.2, 0.25) is 15.9 Å². The lowest BCUT2D eigenvalue weighted by Gasteiger charge is -2.10. The molecule has 2 aromatic carbocycles. The predicted octanol–water partition coefficient (Wildman–Crippen LogP) is 1.86. The Bertz CT molecular complexity index is 950. The first-order chi connectivity index (χ1) is 13.3. The fraction of sp³-hybridized carbons (Fsp3) is 0.222. The summed E-state index contributed by atoms with van der Waals surface area (Å²) < 4.78 is 26.5. The predicted molar refractivity (Wildman–Crippen MR) is 108 cm³/mol. The van der Waals surface area contributed by atoms with Crippen LogP contribution in [-0.4, -0.2) is 40.0 Å². The van der Waals surface area contributed by atoms with Crippen molar-refractivity contribution in [2.45, 2.75) is 11.8 Å². The second kappa shape index (κ2) is 10.1. The first kappa shape index (κ1) is 21.7. The van der Waals surface area contributed by atoms with E-state index in [2.05, 4.69) is 20.7 Å². The minimum absolute atomic E-state index is 0.00389. The largest absolute Gasteiger partial charge is 0.353 e. The molecule has 0 aliphatic heterocycles. The van der Waals surface area contributed by atoms with Crippen LogP contribution in [0.15, 0.2) is 53.4 Å². The molecule has 0 aliphatic rings. The third-order valence-corrected chi connectivity index (χ3v) is 5.22. The Kier molecular flexibility index (Phi) is 7.80. The van der Waals surface area contributed by atoms with Gasteiger partial charge in [0.15, 0.2) is 0 Å². The van der Waals surface area contributed by atoms with Crippen molar-refractivity contribution < 1.29 is 18.0 Å². The second-order valence-corrected chi connectivity index (χ2v) is 8.09. The van der Waals surface area contributed by atoms with Gasteiger partial charge < -0.3 is 16.0 Å². The van der Waals surface area contributed by atoms with Gasteiger partial charge in [0.05, 0.1) is 11.4 Å². The maximum absolute atomic E-state index is 12.1. The van der Waals surface area contributed by atoms with E-state index in [1.807, 2.05) is 19.1 Å². The van der Waals surface area contributed by atoms with E-state index >= 15 is 0 Å². The zero-order chi connectivity index (χ0) is 20.6. The lowest BCUT2D eigenvalue weighted by Crippen LogP contribution is -2.41. The Morgan fingerprint density at radius 3 is 2.46 bits per heavy atom. The summed E-state index contributed by atoms with van der Waals surface area (Å²) in [6, 6.07) is 12.6. The van der Waals surface area contributed by atoms with Crippen LogP contribution in [0.25, 0.3) is 0 Å². The number of carbonyl (C=O) groups is 2. The first-order valence-corrected chi connectivity index (χ1v) is 10.3. The number of hydrogen-bond acceptors (Lipinski definition) is 4. The van der Waals surface area contributed by atoms with Crippen molar-refractivity contribution in [1.82, 2.24) is 15.4 Å². The van der Waals surface area contributed by atoms with Crippen molar-refractivity contribution in [1.29, 1.82) is 0 Å². The van der Waals surface area contributed by atoms with Crippen LogP contribution in [0.4, 0.5) is 10.5 Å². The molecule has 0 aromatic heterocycles. The Labute approximate surface area is 168 Å². The molecular weight excluding hydrogens is 404 g/mol. The van der Waals surface area contributed by atoms with Crippen molar-refractivity contribution in [2.24, 2.45) is 0 Å². The summed E-state index contributed by atoms with van der Waals surface area (Å²) in [6.45, 7) is 1.73. The van der Waals surface area contributed by atoms with E-state index in [1.165, 1.54) is 18.2 Å². The van der Waals surface area contributed by atoms with Crippen LogP contribution in [0.2, 0.25) is 5.02 Å². The highest BCUT2D eigenvalue weighted by atomic mass is 35.5. The molecule has 3 amide bonds. The molecule has 4 N–H and O–H groups in total. The quantitative estimate of drug-likeness (QED) is 0.484. The summed E-state index contributed by atoms with van der Waals surface area (Å²) in [6.07, 6.45) is 0. The summed E-state index contributed by atoms with van der Waals surface area (Å²) >= 11 is 5.78. The van der Waals surface area contributed by atoms with Gasteiger partial charge in [0.1, 0.15) is 0 Å². The third kappa shape index (κ3) is 7.18. The summed E-state index contributed by atoms with van der Waals surface area (Å²) in [5.74, 6) is -0.443. The number of sulfonamides is 1. The number of hydrogen-bond donors (Lipinski definition) is 4. The summed E-state index contributed by atoms with van der Waals surface area (Å²) in [5, 5.41) is 7.86. The van der Waals surface area contributed by atoms with Crippen LogP contribution in [0.3, 0.4) is 0 Å². The fourth-order valence-corrected chi connectivity index (χ4v) is 3.56. The van der Waals surface area contributed by atoms with Gasteiger partial charge in [0, 0.05) is 23.8 Å². The van der Waals surface area contributed by atoms with Gasteiger partial charge in [-0.05, 0) is 42.8 Å². The van der Waals surface area contributed by atoms with Crippen LogP contribution in [-0.2, 0) is 14.8 Å². The van der Waals surface area contributed by atoms with Gasteiger partial charge in [-0.15, -0.1) is 0 Å². The van der Waals surface area contributed by atoms with Crippen LogP contribution >= 0.6 is 11.6 Å². The van der Waals surface area contributed by atoms with E-state index in [4.69, 9.17) is 11.6 Å². The van der Waals surface area contributed by atoms with Crippen LogP contribution < -0.4 is 20.7 Å². The minimum Gasteiger partial charge on any atom is -0.353 e. The molecule has 150 valence electrons. The minimum atomic E-state index is -3.71. The molecule has 0 unspecified atom stereocenters. The van der Waals surface area contributed by atoms with E-state index in [-0.39, 0.29) is 24.5 Å². The molecule has 2 rings (SSSR count). The molecule has 0 bridgehead atoms. The number of halogens is 1. The Balaban J connectivity index is 1.68. The number of rotatable bonds is 8. The highest BCUT2D eigenvalue weighted by molar-refractivity contribution is 7.89. The number of urea groups is 1. The second-order valence-electron chi connectivity index (χ2n) is 5.88. The topological polar surface area (TPSA) is 116 Å². The number of aryl methyl sites for hydroxylation is 1. The molecule has 0 aliphatic carbocycles. The average Bonchev–Trinajstić information content (AvgIpc) is 2.64. The molecule has 10 heteroatoms. The third-order valence-electron chi connectivity index (χ3n) is 3.53. The van der Waals surface area contributed by atoms with Crippen LogP contribution in [0.5, 0.6) is 0 Å². The number of benzene rings is 2.